The Balaban J connectivity index is 0.000000159. The Labute approximate surface area is 159 Å². The number of nitrogens with zero attached hydrogens (tertiary/aromatic N) is 1. The van der Waals surface area contributed by atoms with Gasteiger partial charge >= 0.3 is 6.18 Å². The maximum Gasteiger partial charge on any atom is 0.416 e. The normalized spacial score (nSPS) is 26.6. The van der Waals surface area contributed by atoms with E-state index in [-0.39, 0.29) is 11.7 Å². The molecule has 0 spiro atoms. The van der Waals surface area contributed by atoms with E-state index in [1.807, 2.05) is 0 Å². The van der Waals surface area contributed by atoms with Gasteiger partial charge in [0.2, 0.25) is 0 Å². The van der Waals surface area contributed by atoms with E-state index in [4.69, 9.17) is 9.47 Å². The largest absolute Gasteiger partial charge is 0.416 e. The minimum atomic E-state index is -4.29. The third-order valence-corrected chi connectivity index (χ3v) is 5.53. The molecule has 1 aromatic rings. The van der Waals surface area contributed by atoms with Gasteiger partial charge in [-0.05, 0) is 62.7 Å². The molecule has 2 unspecified atom stereocenters. The zero-order valence-corrected chi connectivity index (χ0v) is 15.8. The lowest BCUT2D eigenvalue weighted by Crippen LogP contribution is -2.34. The van der Waals surface area contributed by atoms with Crippen molar-refractivity contribution >= 4 is 0 Å². The zero-order chi connectivity index (χ0) is 19.1. The monoisotopic (exact) mass is 385 g/mol. The molecule has 3 aliphatic heterocycles. The summed E-state index contributed by atoms with van der Waals surface area (Å²) < 4.78 is 48.6. The fraction of sp³-hybridized carbons (Fsp3) is 0.714. The summed E-state index contributed by atoms with van der Waals surface area (Å²) in [7, 11) is 0. The van der Waals surface area contributed by atoms with Crippen LogP contribution in [0.5, 0.6) is 0 Å². The van der Waals surface area contributed by atoms with Crippen molar-refractivity contribution < 1.29 is 22.6 Å². The first-order chi connectivity index (χ1) is 13.0. The molecule has 0 N–H and O–H groups in total. The van der Waals surface area contributed by atoms with Crippen molar-refractivity contribution in [2.45, 2.75) is 50.8 Å². The molecule has 3 nitrogen and oxygen atoms in total. The molecule has 152 valence electrons. The predicted octanol–water partition coefficient (Wildman–Crippen LogP) is 5.07. The van der Waals surface area contributed by atoms with E-state index in [0.29, 0.717) is 13.0 Å². The van der Waals surface area contributed by atoms with E-state index in [9.17, 15) is 13.2 Å². The molecule has 0 radical (unpaired) electrons. The lowest BCUT2D eigenvalue weighted by molar-refractivity contribution is -0.139. The molecular weight excluding hydrogens is 355 g/mol. The molecule has 3 aliphatic rings. The Morgan fingerprint density at radius 1 is 0.963 bits per heavy atom. The average Bonchev–Trinajstić information content (AvgIpc) is 3.36. The standard InChI is InChI=1S/C11H11F3O.C10H19NO/c12-11(13,14)9-5-2-1-4-8(9)10-6-3-7-15-10;1-2-5-11(6-3-1)8-10-4-7-12-9-10/h1-2,4-5,10H,3,6-7H2;10H,1-9H2. The Kier molecular flexibility index (Phi) is 7.56. The average molecular weight is 385 g/mol. The van der Waals surface area contributed by atoms with Crippen molar-refractivity contribution in [2.75, 3.05) is 39.5 Å². The zero-order valence-electron chi connectivity index (χ0n) is 15.8. The van der Waals surface area contributed by atoms with Crippen LogP contribution in [-0.2, 0) is 15.7 Å². The molecule has 3 heterocycles. The van der Waals surface area contributed by atoms with Crippen molar-refractivity contribution in [3.63, 3.8) is 0 Å². The fourth-order valence-electron chi connectivity index (χ4n) is 4.09. The molecule has 0 aliphatic carbocycles. The highest BCUT2D eigenvalue weighted by Gasteiger charge is 2.35. The van der Waals surface area contributed by atoms with Gasteiger partial charge in [0.05, 0.1) is 18.3 Å². The van der Waals surface area contributed by atoms with Crippen molar-refractivity contribution in [1.82, 2.24) is 4.90 Å². The van der Waals surface area contributed by atoms with Gasteiger partial charge in [0, 0.05) is 19.8 Å². The van der Waals surface area contributed by atoms with Crippen molar-refractivity contribution in [2.24, 2.45) is 5.92 Å². The van der Waals surface area contributed by atoms with Crippen LogP contribution >= 0.6 is 0 Å². The molecule has 3 saturated heterocycles. The first-order valence-electron chi connectivity index (χ1n) is 10.1. The molecule has 2 atom stereocenters. The van der Waals surface area contributed by atoms with E-state index in [1.54, 1.807) is 6.07 Å². The highest BCUT2D eigenvalue weighted by Crippen LogP contribution is 2.38. The van der Waals surface area contributed by atoms with E-state index in [2.05, 4.69) is 4.90 Å². The van der Waals surface area contributed by atoms with Gasteiger partial charge in [-0.2, -0.15) is 13.2 Å². The number of likely N-dealkylation sites (tertiary alicyclic amines) is 1. The quantitative estimate of drug-likeness (QED) is 0.725. The molecule has 6 heteroatoms. The van der Waals surface area contributed by atoms with Crippen LogP contribution in [0, 0.1) is 5.92 Å². The lowest BCUT2D eigenvalue weighted by Gasteiger charge is -2.28. The van der Waals surface area contributed by atoms with E-state index < -0.39 is 11.7 Å². The van der Waals surface area contributed by atoms with Crippen LogP contribution in [0.2, 0.25) is 0 Å². The molecule has 0 aromatic heterocycles. The molecule has 0 saturated carbocycles. The summed E-state index contributed by atoms with van der Waals surface area (Å²) in [6, 6.07) is 5.63. The summed E-state index contributed by atoms with van der Waals surface area (Å²) in [5.74, 6) is 0.836. The first-order valence-corrected chi connectivity index (χ1v) is 10.1. The number of hydrogen-bond donors (Lipinski definition) is 0. The third kappa shape index (κ3) is 6.19. The second-order valence-corrected chi connectivity index (χ2v) is 7.68. The Hall–Kier alpha value is -1.11. The third-order valence-electron chi connectivity index (χ3n) is 5.53. The van der Waals surface area contributed by atoms with Crippen LogP contribution in [0.4, 0.5) is 13.2 Å². The maximum atomic E-state index is 12.6. The number of ether oxygens (including phenoxy) is 2. The van der Waals surface area contributed by atoms with Crippen LogP contribution < -0.4 is 0 Å². The minimum Gasteiger partial charge on any atom is -0.381 e. The Morgan fingerprint density at radius 3 is 2.37 bits per heavy atom. The van der Waals surface area contributed by atoms with Crippen LogP contribution in [0.3, 0.4) is 0 Å². The molecule has 3 fully saturated rings. The predicted molar refractivity (Wildman–Crippen MR) is 98.6 cm³/mol. The molecule has 27 heavy (non-hydrogen) atoms. The number of piperidine rings is 1. The van der Waals surface area contributed by atoms with E-state index in [1.165, 1.54) is 57.5 Å². The van der Waals surface area contributed by atoms with E-state index >= 15 is 0 Å². The van der Waals surface area contributed by atoms with Gasteiger partial charge in [-0.1, -0.05) is 24.6 Å². The summed E-state index contributed by atoms with van der Waals surface area (Å²) in [4.78, 5) is 2.61. The molecular formula is C21H30F3NO2. The van der Waals surface area contributed by atoms with Gasteiger partial charge < -0.3 is 14.4 Å². The van der Waals surface area contributed by atoms with Gasteiger partial charge in [-0.15, -0.1) is 0 Å². The Morgan fingerprint density at radius 2 is 1.74 bits per heavy atom. The van der Waals surface area contributed by atoms with Gasteiger partial charge in [0.15, 0.2) is 0 Å². The van der Waals surface area contributed by atoms with Crippen molar-refractivity contribution in [3.8, 4) is 0 Å². The lowest BCUT2D eigenvalue weighted by atomic mass is 10.00. The maximum absolute atomic E-state index is 12.6. The summed E-state index contributed by atoms with van der Waals surface area (Å²) in [6.07, 6.45) is 2.38. The van der Waals surface area contributed by atoms with Crippen LogP contribution in [0.1, 0.15) is 55.8 Å². The molecule has 4 rings (SSSR count). The molecule has 0 bridgehead atoms. The minimum absolute atomic E-state index is 0.266. The molecule has 1 aromatic carbocycles. The number of benzene rings is 1. The van der Waals surface area contributed by atoms with Gasteiger partial charge in [0.1, 0.15) is 0 Å². The summed E-state index contributed by atoms with van der Waals surface area (Å²) >= 11 is 0. The number of alkyl halides is 3. The number of hydrogen-bond acceptors (Lipinski definition) is 3. The van der Waals surface area contributed by atoms with Crippen LogP contribution in [0.25, 0.3) is 0 Å². The fourth-order valence-corrected chi connectivity index (χ4v) is 4.09. The van der Waals surface area contributed by atoms with Gasteiger partial charge in [-0.25, -0.2) is 0 Å². The van der Waals surface area contributed by atoms with Crippen molar-refractivity contribution in [3.05, 3.63) is 35.4 Å². The summed E-state index contributed by atoms with van der Waals surface area (Å²) in [5.41, 5.74) is -0.306. The first kappa shape index (κ1) is 20.6. The topological polar surface area (TPSA) is 21.7 Å². The van der Waals surface area contributed by atoms with Gasteiger partial charge in [-0.3, -0.25) is 0 Å². The highest BCUT2D eigenvalue weighted by molar-refractivity contribution is 5.31. The smallest absolute Gasteiger partial charge is 0.381 e. The van der Waals surface area contributed by atoms with Gasteiger partial charge in [0.25, 0.3) is 0 Å². The SMILES string of the molecule is C1CCN(CC2CCOC2)CC1.FC(F)(F)c1ccccc1C1CCCO1. The second-order valence-electron chi connectivity index (χ2n) is 7.68. The molecule has 0 amide bonds. The van der Waals surface area contributed by atoms with Crippen LogP contribution in [0.15, 0.2) is 24.3 Å². The number of rotatable bonds is 3. The van der Waals surface area contributed by atoms with Crippen LogP contribution in [-0.4, -0.2) is 44.4 Å². The van der Waals surface area contributed by atoms with Crippen molar-refractivity contribution in [1.29, 1.82) is 0 Å². The Bertz CT molecular complexity index is 561. The summed E-state index contributed by atoms with van der Waals surface area (Å²) in [6.45, 7) is 6.51. The number of halogens is 3. The summed E-state index contributed by atoms with van der Waals surface area (Å²) in [5, 5.41) is 0. The highest BCUT2D eigenvalue weighted by atomic mass is 19.4. The second kappa shape index (κ2) is 9.89. The van der Waals surface area contributed by atoms with E-state index in [0.717, 1.165) is 31.6 Å².